The predicted octanol–water partition coefficient (Wildman–Crippen LogP) is 4.07. The maximum Gasteiger partial charge on any atom is 0.247 e. The van der Waals surface area contributed by atoms with E-state index < -0.39 is 0 Å². The molecule has 4 rings (SSSR count). The molecule has 1 aliphatic rings. The van der Waals surface area contributed by atoms with Crippen molar-refractivity contribution in [2.75, 3.05) is 31.6 Å². The Morgan fingerprint density at radius 1 is 1.27 bits per heavy atom. The van der Waals surface area contributed by atoms with E-state index in [0.29, 0.717) is 18.9 Å². The number of pyridine rings is 1. The number of anilines is 1. The fourth-order valence-electron chi connectivity index (χ4n) is 3.13. The molecule has 0 unspecified atom stereocenters. The minimum atomic E-state index is -0.332. The highest BCUT2D eigenvalue weighted by atomic mass is 79.9. The summed E-state index contributed by atoms with van der Waals surface area (Å²) in [6.07, 6.45) is 1.71. The number of ether oxygens (including phenoxy) is 1. The van der Waals surface area contributed by atoms with Gasteiger partial charge in [-0.05, 0) is 34.1 Å². The largest absolute Gasteiger partial charge is 0.379 e. The molecular weight excluding hydrogens is 414 g/mol. The maximum atomic E-state index is 13.1. The van der Waals surface area contributed by atoms with E-state index in [1.807, 2.05) is 41.8 Å². The Kier molecular flexibility index (Phi) is 5.31. The van der Waals surface area contributed by atoms with Gasteiger partial charge in [-0.1, -0.05) is 18.2 Å². The number of thiophene rings is 1. The van der Waals surface area contributed by atoms with Gasteiger partial charge in [-0.3, -0.25) is 14.7 Å². The van der Waals surface area contributed by atoms with Crippen molar-refractivity contribution in [3.05, 3.63) is 57.3 Å². The van der Waals surface area contributed by atoms with Crippen LogP contribution < -0.4 is 5.32 Å². The quantitative estimate of drug-likeness (QED) is 0.676. The first-order valence-electron chi connectivity index (χ1n) is 8.42. The molecule has 3 aromatic rings. The summed E-state index contributed by atoms with van der Waals surface area (Å²) in [7, 11) is 0. The molecule has 0 spiro atoms. The number of halogens is 1. The Morgan fingerprint density at radius 3 is 2.85 bits per heavy atom. The minimum Gasteiger partial charge on any atom is -0.379 e. The predicted molar refractivity (Wildman–Crippen MR) is 108 cm³/mol. The summed E-state index contributed by atoms with van der Waals surface area (Å²) in [4.78, 5) is 20.7. The Morgan fingerprint density at radius 2 is 2.08 bits per heavy atom. The molecule has 0 bridgehead atoms. The van der Waals surface area contributed by atoms with Gasteiger partial charge in [-0.15, -0.1) is 11.3 Å². The van der Waals surface area contributed by atoms with Gasteiger partial charge in [0.15, 0.2) is 0 Å². The Labute approximate surface area is 164 Å². The third-order valence-electron chi connectivity index (χ3n) is 4.37. The van der Waals surface area contributed by atoms with E-state index in [0.717, 1.165) is 33.3 Å². The van der Waals surface area contributed by atoms with E-state index in [9.17, 15) is 4.79 Å². The molecule has 7 heteroatoms. The Bertz CT molecular complexity index is 924. The van der Waals surface area contributed by atoms with Crippen LogP contribution in [-0.4, -0.2) is 42.1 Å². The number of benzene rings is 1. The zero-order valence-corrected chi connectivity index (χ0v) is 16.4. The number of amides is 1. The summed E-state index contributed by atoms with van der Waals surface area (Å²) < 4.78 is 6.44. The molecular formula is C19H18BrN3O2S. The lowest BCUT2D eigenvalue weighted by atomic mass is 10.1. The fourth-order valence-corrected chi connectivity index (χ4v) is 4.71. The topological polar surface area (TPSA) is 54.5 Å². The number of carbonyl (C=O) groups excluding carboxylic acids is 1. The van der Waals surface area contributed by atoms with Gasteiger partial charge in [-0.2, -0.15) is 0 Å². The van der Waals surface area contributed by atoms with Gasteiger partial charge in [0.05, 0.1) is 30.6 Å². The first-order chi connectivity index (χ1) is 12.7. The van der Waals surface area contributed by atoms with Crippen LogP contribution in [0, 0.1) is 0 Å². The molecule has 0 aliphatic carbocycles. The van der Waals surface area contributed by atoms with Gasteiger partial charge in [0.1, 0.15) is 6.04 Å². The number of aromatic nitrogens is 1. The van der Waals surface area contributed by atoms with Gasteiger partial charge in [0.25, 0.3) is 0 Å². The molecule has 5 nitrogen and oxygen atoms in total. The van der Waals surface area contributed by atoms with Crippen LogP contribution in [0.2, 0.25) is 0 Å². The zero-order valence-electron chi connectivity index (χ0n) is 14.0. The molecule has 1 amide bonds. The lowest BCUT2D eigenvalue weighted by molar-refractivity contribution is -0.123. The van der Waals surface area contributed by atoms with Crippen LogP contribution in [0.5, 0.6) is 0 Å². The number of fused-ring (bicyclic) bond motifs is 1. The average Bonchev–Trinajstić information content (AvgIpc) is 3.08. The van der Waals surface area contributed by atoms with Gasteiger partial charge < -0.3 is 10.1 Å². The highest BCUT2D eigenvalue weighted by Crippen LogP contribution is 2.31. The SMILES string of the molecule is O=C(Nc1cnc2ccccc2c1)[C@H](c1cc(Br)cs1)N1CCOCC1. The van der Waals surface area contributed by atoms with Crippen molar-refractivity contribution >= 4 is 49.8 Å². The first-order valence-corrected chi connectivity index (χ1v) is 10.1. The highest BCUT2D eigenvalue weighted by molar-refractivity contribution is 9.10. The smallest absolute Gasteiger partial charge is 0.247 e. The number of morpholine rings is 1. The molecule has 1 saturated heterocycles. The van der Waals surface area contributed by atoms with Crippen LogP contribution in [-0.2, 0) is 9.53 Å². The third kappa shape index (κ3) is 3.81. The summed E-state index contributed by atoms with van der Waals surface area (Å²) in [5.41, 5.74) is 1.62. The van der Waals surface area contributed by atoms with Crippen molar-refractivity contribution in [2.45, 2.75) is 6.04 Å². The minimum absolute atomic E-state index is 0.0432. The zero-order chi connectivity index (χ0) is 17.9. The van der Waals surface area contributed by atoms with Gasteiger partial charge in [-0.25, -0.2) is 0 Å². The number of rotatable bonds is 4. The molecule has 2 aromatic heterocycles. The molecule has 1 atom stereocenters. The summed E-state index contributed by atoms with van der Waals surface area (Å²) >= 11 is 5.08. The van der Waals surface area contributed by atoms with Crippen molar-refractivity contribution in [3.63, 3.8) is 0 Å². The van der Waals surface area contributed by atoms with Crippen LogP contribution in [0.1, 0.15) is 10.9 Å². The molecule has 1 fully saturated rings. The summed E-state index contributed by atoms with van der Waals surface area (Å²) in [6, 6.07) is 11.5. The van der Waals surface area contributed by atoms with Crippen molar-refractivity contribution in [1.29, 1.82) is 0 Å². The van der Waals surface area contributed by atoms with E-state index >= 15 is 0 Å². The monoisotopic (exact) mass is 431 g/mol. The summed E-state index contributed by atoms with van der Waals surface area (Å²) in [5.74, 6) is -0.0432. The van der Waals surface area contributed by atoms with Crippen LogP contribution >= 0.6 is 27.3 Å². The normalized spacial score (nSPS) is 16.5. The van der Waals surface area contributed by atoms with E-state index in [1.165, 1.54) is 0 Å². The first kappa shape index (κ1) is 17.6. The second kappa shape index (κ2) is 7.84. The fraction of sp³-hybridized carbons (Fsp3) is 0.263. The Hall–Kier alpha value is -1.80. The van der Waals surface area contributed by atoms with Crippen LogP contribution in [0.15, 0.2) is 52.4 Å². The van der Waals surface area contributed by atoms with E-state index in [2.05, 4.69) is 31.1 Å². The van der Waals surface area contributed by atoms with Crippen LogP contribution in [0.25, 0.3) is 10.9 Å². The molecule has 1 aromatic carbocycles. The standard InChI is InChI=1S/C19H18BrN3O2S/c20-14-10-17(26-12-14)18(23-5-7-25-8-6-23)19(24)22-15-9-13-3-1-2-4-16(13)21-11-15/h1-4,9-12,18H,5-8H2,(H,22,24)/t18-/m0/s1. The third-order valence-corrected chi connectivity index (χ3v) is 6.12. The molecule has 3 heterocycles. The van der Waals surface area contributed by atoms with E-state index in [1.54, 1.807) is 17.5 Å². The average molecular weight is 432 g/mol. The van der Waals surface area contributed by atoms with Crippen molar-refractivity contribution in [3.8, 4) is 0 Å². The molecule has 26 heavy (non-hydrogen) atoms. The molecule has 0 radical (unpaired) electrons. The molecule has 134 valence electrons. The maximum absolute atomic E-state index is 13.1. The highest BCUT2D eigenvalue weighted by Gasteiger charge is 2.30. The number of para-hydroxylation sites is 1. The van der Waals surface area contributed by atoms with E-state index in [-0.39, 0.29) is 11.9 Å². The second-order valence-corrected chi connectivity index (χ2v) is 7.98. The number of carbonyl (C=O) groups is 1. The van der Waals surface area contributed by atoms with Gasteiger partial charge in [0.2, 0.25) is 5.91 Å². The van der Waals surface area contributed by atoms with Crippen molar-refractivity contribution in [1.82, 2.24) is 9.88 Å². The molecule has 0 saturated carbocycles. The van der Waals surface area contributed by atoms with E-state index in [4.69, 9.17) is 4.74 Å². The number of hydrogen-bond donors (Lipinski definition) is 1. The van der Waals surface area contributed by atoms with Crippen LogP contribution in [0.3, 0.4) is 0 Å². The second-order valence-electron chi connectivity index (χ2n) is 6.12. The van der Waals surface area contributed by atoms with Gasteiger partial charge >= 0.3 is 0 Å². The number of nitrogens with one attached hydrogen (secondary N) is 1. The van der Waals surface area contributed by atoms with Crippen LogP contribution in [0.4, 0.5) is 5.69 Å². The molecule has 1 N–H and O–H groups in total. The Balaban J connectivity index is 1.60. The lowest BCUT2D eigenvalue weighted by Gasteiger charge is -2.33. The summed E-state index contributed by atoms with van der Waals surface area (Å²) in [5, 5.41) is 6.06. The number of nitrogens with zero attached hydrogens (tertiary/aromatic N) is 2. The van der Waals surface area contributed by atoms with Gasteiger partial charge in [0, 0.05) is 33.2 Å². The van der Waals surface area contributed by atoms with Crippen molar-refractivity contribution < 1.29 is 9.53 Å². The van der Waals surface area contributed by atoms with Crippen molar-refractivity contribution in [2.24, 2.45) is 0 Å². The lowest BCUT2D eigenvalue weighted by Crippen LogP contribution is -2.43. The molecule has 1 aliphatic heterocycles. The summed E-state index contributed by atoms with van der Waals surface area (Å²) in [6.45, 7) is 2.77. The number of hydrogen-bond acceptors (Lipinski definition) is 5.